The number of esters is 1. The molecular formula is C12H20N4O2. The van der Waals surface area contributed by atoms with Crippen LogP contribution in [0.3, 0.4) is 0 Å². The summed E-state index contributed by atoms with van der Waals surface area (Å²) in [4.78, 5) is 19.7. The number of nitrogens with one attached hydrogen (secondary N) is 2. The molecule has 6 heteroatoms. The molecule has 2 N–H and O–H groups in total. The van der Waals surface area contributed by atoms with E-state index in [-0.39, 0.29) is 12.5 Å². The first kappa shape index (κ1) is 14.2. The van der Waals surface area contributed by atoms with E-state index in [1.54, 1.807) is 13.0 Å². The van der Waals surface area contributed by atoms with Crippen molar-refractivity contribution >= 4 is 17.7 Å². The number of hydrogen-bond acceptors (Lipinski definition) is 6. The fourth-order valence-corrected chi connectivity index (χ4v) is 1.35. The Morgan fingerprint density at radius 2 is 2.11 bits per heavy atom. The molecule has 0 saturated carbocycles. The number of anilines is 2. The quantitative estimate of drug-likeness (QED) is 0.718. The number of carbonyl (C=O) groups excluding carboxylic acids is 1. The monoisotopic (exact) mass is 252 g/mol. The molecule has 0 bridgehead atoms. The zero-order chi connectivity index (χ0) is 13.4. The maximum Gasteiger partial charge on any atom is 0.325 e. The Bertz CT molecular complexity index is 396. The number of nitrogens with zero attached hydrogens (tertiary/aromatic N) is 2. The van der Waals surface area contributed by atoms with Gasteiger partial charge in [-0.25, -0.2) is 4.98 Å². The van der Waals surface area contributed by atoms with E-state index >= 15 is 0 Å². The molecule has 0 unspecified atom stereocenters. The average molecular weight is 252 g/mol. The third-order valence-corrected chi connectivity index (χ3v) is 2.11. The number of rotatable bonds is 7. The van der Waals surface area contributed by atoms with Gasteiger partial charge in [-0.3, -0.25) is 4.79 Å². The van der Waals surface area contributed by atoms with Crippen molar-refractivity contribution in [2.75, 3.05) is 30.3 Å². The number of aromatic nitrogens is 2. The maximum atomic E-state index is 11.2. The molecule has 0 saturated heterocycles. The first-order valence-electron chi connectivity index (χ1n) is 6.14. The molecular weight excluding hydrogens is 232 g/mol. The van der Waals surface area contributed by atoms with Crippen molar-refractivity contribution in [3.63, 3.8) is 0 Å². The first-order valence-corrected chi connectivity index (χ1v) is 6.14. The van der Waals surface area contributed by atoms with Crippen LogP contribution < -0.4 is 10.6 Å². The maximum absolute atomic E-state index is 11.2. The summed E-state index contributed by atoms with van der Waals surface area (Å²) in [5, 5.41) is 6.03. The minimum Gasteiger partial charge on any atom is -0.465 e. The highest BCUT2D eigenvalue weighted by Crippen LogP contribution is 2.09. The Hall–Kier alpha value is -1.85. The third-order valence-electron chi connectivity index (χ3n) is 2.11. The van der Waals surface area contributed by atoms with E-state index in [4.69, 9.17) is 4.74 Å². The largest absolute Gasteiger partial charge is 0.465 e. The van der Waals surface area contributed by atoms with Gasteiger partial charge in [-0.2, -0.15) is 4.98 Å². The molecule has 1 aromatic heterocycles. The van der Waals surface area contributed by atoms with Gasteiger partial charge in [0.05, 0.1) is 6.61 Å². The summed E-state index contributed by atoms with van der Waals surface area (Å²) in [6.07, 6.45) is 1.00. The Labute approximate surface area is 107 Å². The summed E-state index contributed by atoms with van der Waals surface area (Å²) in [5.74, 6) is 0.897. The van der Waals surface area contributed by atoms with Crippen LogP contribution in [0.25, 0.3) is 0 Å². The molecule has 18 heavy (non-hydrogen) atoms. The molecule has 0 radical (unpaired) electrons. The van der Waals surface area contributed by atoms with E-state index in [1.165, 1.54) is 0 Å². The van der Waals surface area contributed by atoms with E-state index in [0.717, 1.165) is 18.7 Å². The van der Waals surface area contributed by atoms with Gasteiger partial charge in [-0.15, -0.1) is 0 Å². The van der Waals surface area contributed by atoms with E-state index in [9.17, 15) is 4.79 Å². The first-order chi connectivity index (χ1) is 8.65. The molecule has 6 nitrogen and oxygen atoms in total. The van der Waals surface area contributed by atoms with Gasteiger partial charge in [0.2, 0.25) is 5.95 Å². The molecule has 0 aliphatic heterocycles. The van der Waals surface area contributed by atoms with Crippen molar-refractivity contribution in [3.05, 3.63) is 11.8 Å². The molecule has 0 spiro atoms. The van der Waals surface area contributed by atoms with Crippen molar-refractivity contribution in [2.45, 2.75) is 27.2 Å². The highest BCUT2D eigenvalue weighted by Gasteiger charge is 2.04. The van der Waals surface area contributed by atoms with Crippen molar-refractivity contribution in [2.24, 2.45) is 0 Å². The van der Waals surface area contributed by atoms with Crippen molar-refractivity contribution in [1.82, 2.24) is 9.97 Å². The molecule has 0 aliphatic rings. The summed E-state index contributed by atoms with van der Waals surface area (Å²) in [7, 11) is 0. The summed E-state index contributed by atoms with van der Waals surface area (Å²) in [5.41, 5.74) is 0.843. The minimum absolute atomic E-state index is 0.109. The highest BCUT2D eigenvalue weighted by molar-refractivity contribution is 5.74. The average Bonchev–Trinajstić information content (AvgIpc) is 2.34. The number of carbonyl (C=O) groups is 1. The zero-order valence-electron chi connectivity index (χ0n) is 11.1. The van der Waals surface area contributed by atoms with Crippen LogP contribution in [0.4, 0.5) is 11.8 Å². The van der Waals surface area contributed by atoms with Crippen LogP contribution in [-0.2, 0) is 9.53 Å². The minimum atomic E-state index is -0.295. The van der Waals surface area contributed by atoms with Crippen LogP contribution in [0.15, 0.2) is 6.07 Å². The standard InChI is InChI=1S/C12H20N4O2/c1-4-6-13-12-15-9(3)7-10(16-12)14-8-11(17)18-5-2/h7H,4-6,8H2,1-3H3,(H2,13,14,15,16). The smallest absolute Gasteiger partial charge is 0.325 e. The lowest BCUT2D eigenvalue weighted by molar-refractivity contribution is -0.140. The van der Waals surface area contributed by atoms with Crippen LogP contribution in [0.2, 0.25) is 0 Å². The predicted molar refractivity (Wildman–Crippen MR) is 70.7 cm³/mol. The molecule has 0 aliphatic carbocycles. The lowest BCUT2D eigenvalue weighted by Crippen LogP contribution is -2.18. The van der Waals surface area contributed by atoms with E-state index in [1.807, 2.05) is 6.92 Å². The molecule has 100 valence electrons. The van der Waals surface area contributed by atoms with Gasteiger partial charge < -0.3 is 15.4 Å². The predicted octanol–water partition coefficient (Wildman–Crippen LogP) is 1.58. The van der Waals surface area contributed by atoms with Gasteiger partial charge in [0, 0.05) is 18.3 Å². The second kappa shape index (κ2) is 7.47. The molecule has 0 aromatic carbocycles. The highest BCUT2D eigenvalue weighted by atomic mass is 16.5. The summed E-state index contributed by atoms with van der Waals surface area (Å²) in [6.45, 7) is 7.04. The van der Waals surface area contributed by atoms with Gasteiger partial charge in [0.1, 0.15) is 12.4 Å². The fraction of sp³-hybridized carbons (Fsp3) is 0.583. The third kappa shape index (κ3) is 4.99. The molecule has 0 fully saturated rings. The Morgan fingerprint density at radius 1 is 1.33 bits per heavy atom. The van der Waals surface area contributed by atoms with Crippen LogP contribution in [0, 0.1) is 6.92 Å². The SMILES string of the molecule is CCCNc1nc(C)cc(NCC(=O)OCC)n1. The Balaban J connectivity index is 2.59. The fourth-order valence-electron chi connectivity index (χ4n) is 1.35. The van der Waals surface area contributed by atoms with Crippen molar-refractivity contribution in [3.8, 4) is 0 Å². The number of ether oxygens (including phenoxy) is 1. The molecule has 1 rings (SSSR count). The normalized spacial score (nSPS) is 9.94. The lowest BCUT2D eigenvalue weighted by atomic mass is 10.4. The molecule has 0 amide bonds. The second-order valence-electron chi connectivity index (χ2n) is 3.80. The van der Waals surface area contributed by atoms with Gasteiger partial charge in [-0.05, 0) is 20.3 Å². The van der Waals surface area contributed by atoms with Gasteiger partial charge in [0.25, 0.3) is 0 Å². The molecule has 1 aromatic rings. The molecule has 1 heterocycles. The Morgan fingerprint density at radius 3 is 2.78 bits per heavy atom. The lowest BCUT2D eigenvalue weighted by Gasteiger charge is -2.09. The number of aryl methyl sites for hydroxylation is 1. The van der Waals surface area contributed by atoms with E-state index in [0.29, 0.717) is 18.4 Å². The van der Waals surface area contributed by atoms with Crippen molar-refractivity contribution < 1.29 is 9.53 Å². The zero-order valence-corrected chi connectivity index (χ0v) is 11.1. The van der Waals surface area contributed by atoms with E-state index < -0.39 is 0 Å². The van der Waals surface area contributed by atoms with Gasteiger partial charge >= 0.3 is 5.97 Å². The summed E-state index contributed by atoms with van der Waals surface area (Å²) in [6, 6.07) is 1.79. The summed E-state index contributed by atoms with van der Waals surface area (Å²) < 4.78 is 4.83. The van der Waals surface area contributed by atoms with Gasteiger partial charge in [-0.1, -0.05) is 6.92 Å². The van der Waals surface area contributed by atoms with Crippen LogP contribution in [-0.4, -0.2) is 35.6 Å². The van der Waals surface area contributed by atoms with E-state index in [2.05, 4.69) is 27.5 Å². The topological polar surface area (TPSA) is 76.1 Å². The second-order valence-corrected chi connectivity index (χ2v) is 3.80. The summed E-state index contributed by atoms with van der Waals surface area (Å²) >= 11 is 0. The van der Waals surface area contributed by atoms with Crippen LogP contribution in [0.1, 0.15) is 26.0 Å². The van der Waals surface area contributed by atoms with Crippen LogP contribution >= 0.6 is 0 Å². The molecule has 0 atom stereocenters. The van der Waals surface area contributed by atoms with Gasteiger partial charge in [0.15, 0.2) is 0 Å². The number of hydrogen-bond donors (Lipinski definition) is 2. The van der Waals surface area contributed by atoms with Crippen LogP contribution in [0.5, 0.6) is 0 Å². The van der Waals surface area contributed by atoms with Crippen molar-refractivity contribution in [1.29, 1.82) is 0 Å². The Kier molecular flexibility index (Phi) is 5.90.